The Morgan fingerprint density at radius 1 is 1.22 bits per heavy atom. The average Bonchev–Trinajstić information content (AvgIpc) is 2.46. The summed E-state index contributed by atoms with van der Waals surface area (Å²) in [5, 5.41) is 8.12. The fourth-order valence-electron chi connectivity index (χ4n) is 2.00. The van der Waals surface area contributed by atoms with Crippen LogP contribution in [0.25, 0.3) is 0 Å². The Morgan fingerprint density at radius 3 is 2.48 bits per heavy atom. The number of aryl methyl sites for hydroxylation is 1. The van der Waals surface area contributed by atoms with Crippen molar-refractivity contribution in [3.63, 3.8) is 0 Å². The molecular formula is C15H15ClN2O4S. The molecule has 0 aliphatic carbocycles. The summed E-state index contributed by atoms with van der Waals surface area (Å²) in [5.74, 6) is 0.00708. The molecule has 6 nitrogen and oxygen atoms in total. The predicted octanol–water partition coefficient (Wildman–Crippen LogP) is 2.56. The average molecular weight is 355 g/mol. The summed E-state index contributed by atoms with van der Waals surface area (Å²) >= 11 is 5.99. The molecule has 0 spiro atoms. The molecule has 0 saturated carbocycles. The maximum Gasteiger partial charge on any atom is 0.255 e. The van der Waals surface area contributed by atoms with E-state index in [4.69, 9.17) is 21.5 Å². The van der Waals surface area contributed by atoms with Gasteiger partial charge in [0.05, 0.1) is 17.0 Å². The lowest BCUT2D eigenvalue weighted by atomic mass is 10.1. The Hall–Kier alpha value is -2.09. The van der Waals surface area contributed by atoms with Crippen molar-refractivity contribution >= 4 is 33.2 Å². The first-order valence-corrected chi connectivity index (χ1v) is 8.43. The molecule has 0 unspecified atom stereocenters. The number of rotatable bonds is 4. The quantitative estimate of drug-likeness (QED) is 0.881. The van der Waals surface area contributed by atoms with E-state index in [2.05, 4.69) is 5.32 Å². The number of benzene rings is 2. The number of hydrogen-bond acceptors (Lipinski definition) is 4. The van der Waals surface area contributed by atoms with Gasteiger partial charge in [-0.2, -0.15) is 0 Å². The van der Waals surface area contributed by atoms with Crippen molar-refractivity contribution in [3.8, 4) is 5.75 Å². The van der Waals surface area contributed by atoms with Gasteiger partial charge in [0.25, 0.3) is 5.91 Å². The first-order chi connectivity index (χ1) is 10.7. The van der Waals surface area contributed by atoms with Gasteiger partial charge in [0.15, 0.2) is 0 Å². The summed E-state index contributed by atoms with van der Waals surface area (Å²) in [6.45, 7) is 1.60. The van der Waals surface area contributed by atoms with Crippen molar-refractivity contribution in [2.45, 2.75) is 11.8 Å². The van der Waals surface area contributed by atoms with Crippen molar-refractivity contribution in [1.82, 2.24) is 0 Å². The molecule has 0 bridgehead atoms. The fraction of sp³-hybridized carbons (Fsp3) is 0.133. The number of amides is 1. The standard InChI is InChI=1S/C15H15ClN2O4S/c1-9-3-4-10(7-14(9)23(17,20)21)15(19)18-11-5-6-13(22-2)12(16)8-11/h3-8H,1-2H3,(H,18,19)(H2,17,20,21). The molecule has 0 aromatic heterocycles. The smallest absolute Gasteiger partial charge is 0.255 e. The van der Waals surface area contributed by atoms with E-state index in [1.54, 1.807) is 19.1 Å². The SMILES string of the molecule is COc1ccc(NC(=O)c2ccc(C)c(S(N)(=O)=O)c2)cc1Cl. The molecule has 3 N–H and O–H groups in total. The molecule has 0 heterocycles. The minimum Gasteiger partial charge on any atom is -0.495 e. The maximum absolute atomic E-state index is 12.2. The summed E-state index contributed by atoms with van der Waals surface area (Å²) in [6, 6.07) is 9.05. The molecule has 2 aromatic rings. The molecule has 0 atom stereocenters. The second kappa shape index (κ2) is 6.57. The van der Waals surface area contributed by atoms with Crippen LogP contribution in [0.2, 0.25) is 5.02 Å². The number of primary sulfonamides is 1. The Bertz CT molecular complexity index is 866. The second-order valence-electron chi connectivity index (χ2n) is 4.83. The van der Waals surface area contributed by atoms with Gasteiger partial charge < -0.3 is 10.1 Å². The third kappa shape index (κ3) is 4.01. The Labute approximate surface area is 139 Å². The minimum absolute atomic E-state index is 0.0853. The van der Waals surface area contributed by atoms with E-state index in [9.17, 15) is 13.2 Å². The van der Waals surface area contributed by atoms with Gasteiger partial charge in [-0.05, 0) is 42.8 Å². The highest BCUT2D eigenvalue weighted by atomic mass is 35.5. The number of nitrogens with one attached hydrogen (secondary N) is 1. The molecule has 0 fully saturated rings. The monoisotopic (exact) mass is 354 g/mol. The number of halogens is 1. The molecule has 0 radical (unpaired) electrons. The molecular weight excluding hydrogens is 340 g/mol. The molecule has 8 heteroatoms. The van der Waals surface area contributed by atoms with Crippen LogP contribution in [-0.2, 0) is 10.0 Å². The number of carbonyl (C=O) groups excluding carboxylic acids is 1. The summed E-state index contributed by atoms with van der Waals surface area (Å²) in [4.78, 5) is 12.2. The van der Waals surface area contributed by atoms with Gasteiger partial charge in [-0.1, -0.05) is 17.7 Å². The fourth-order valence-corrected chi connectivity index (χ4v) is 3.06. The predicted molar refractivity (Wildman–Crippen MR) is 88.5 cm³/mol. The Balaban J connectivity index is 2.30. The van der Waals surface area contributed by atoms with Crippen molar-refractivity contribution in [2.75, 3.05) is 12.4 Å². The van der Waals surface area contributed by atoms with Gasteiger partial charge in [0.1, 0.15) is 5.75 Å². The third-order valence-electron chi connectivity index (χ3n) is 3.17. The Morgan fingerprint density at radius 2 is 1.91 bits per heavy atom. The number of methoxy groups -OCH3 is 1. The highest BCUT2D eigenvalue weighted by molar-refractivity contribution is 7.89. The molecule has 122 valence electrons. The summed E-state index contributed by atoms with van der Waals surface area (Å²) in [7, 11) is -2.41. The van der Waals surface area contributed by atoms with Crippen LogP contribution in [0.4, 0.5) is 5.69 Å². The normalized spacial score (nSPS) is 11.1. The number of sulfonamides is 1. The van der Waals surface area contributed by atoms with Gasteiger partial charge in [0, 0.05) is 11.3 Å². The van der Waals surface area contributed by atoms with Gasteiger partial charge in [0.2, 0.25) is 10.0 Å². The van der Waals surface area contributed by atoms with E-state index < -0.39 is 15.9 Å². The topological polar surface area (TPSA) is 98.5 Å². The molecule has 2 rings (SSSR count). The van der Waals surface area contributed by atoms with Crippen LogP contribution in [0, 0.1) is 6.92 Å². The van der Waals surface area contributed by atoms with E-state index in [-0.39, 0.29) is 10.5 Å². The van der Waals surface area contributed by atoms with E-state index in [1.165, 1.54) is 31.4 Å². The van der Waals surface area contributed by atoms with Crippen LogP contribution >= 0.6 is 11.6 Å². The molecule has 2 aromatic carbocycles. The largest absolute Gasteiger partial charge is 0.495 e. The van der Waals surface area contributed by atoms with Crippen molar-refractivity contribution in [2.24, 2.45) is 5.14 Å². The first-order valence-electron chi connectivity index (χ1n) is 6.50. The highest BCUT2D eigenvalue weighted by Gasteiger charge is 2.15. The van der Waals surface area contributed by atoms with Crippen LogP contribution in [0.15, 0.2) is 41.3 Å². The number of nitrogens with two attached hydrogens (primary N) is 1. The number of ether oxygens (including phenoxy) is 1. The lowest BCUT2D eigenvalue weighted by Crippen LogP contribution is -2.17. The van der Waals surface area contributed by atoms with Crippen LogP contribution in [-0.4, -0.2) is 21.4 Å². The van der Waals surface area contributed by atoms with Crippen molar-refractivity contribution in [1.29, 1.82) is 0 Å². The maximum atomic E-state index is 12.2. The lowest BCUT2D eigenvalue weighted by Gasteiger charge is -2.10. The number of hydrogen-bond donors (Lipinski definition) is 2. The Kier molecular flexibility index (Phi) is 4.93. The van der Waals surface area contributed by atoms with E-state index in [0.717, 1.165) is 0 Å². The first kappa shape index (κ1) is 17.3. The van der Waals surface area contributed by atoms with Crippen LogP contribution < -0.4 is 15.2 Å². The zero-order chi connectivity index (χ0) is 17.2. The van der Waals surface area contributed by atoms with E-state index in [0.29, 0.717) is 22.0 Å². The van der Waals surface area contributed by atoms with Crippen molar-refractivity contribution < 1.29 is 17.9 Å². The second-order valence-corrected chi connectivity index (χ2v) is 6.77. The van der Waals surface area contributed by atoms with Gasteiger partial charge in [-0.25, -0.2) is 13.6 Å². The molecule has 0 saturated heterocycles. The van der Waals surface area contributed by atoms with Crippen molar-refractivity contribution in [3.05, 3.63) is 52.5 Å². The van der Waals surface area contributed by atoms with Gasteiger partial charge in [-0.3, -0.25) is 4.79 Å². The number of carbonyl (C=O) groups is 1. The van der Waals surface area contributed by atoms with Gasteiger partial charge in [-0.15, -0.1) is 0 Å². The van der Waals surface area contributed by atoms with Crippen LogP contribution in [0.1, 0.15) is 15.9 Å². The van der Waals surface area contributed by atoms with Crippen LogP contribution in [0.3, 0.4) is 0 Å². The van der Waals surface area contributed by atoms with E-state index in [1.807, 2.05) is 0 Å². The number of anilines is 1. The van der Waals surface area contributed by atoms with Gasteiger partial charge >= 0.3 is 0 Å². The summed E-state index contributed by atoms with van der Waals surface area (Å²) < 4.78 is 28.1. The molecule has 23 heavy (non-hydrogen) atoms. The van der Waals surface area contributed by atoms with E-state index >= 15 is 0 Å². The molecule has 1 amide bonds. The minimum atomic E-state index is -3.90. The summed E-state index contributed by atoms with van der Waals surface area (Å²) in [5.41, 5.74) is 1.10. The zero-order valence-corrected chi connectivity index (χ0v) is 14.0. The molecule has 0 aliphatic heterocycles. The zero-order valence-electron chi connectivity index (χ0n) is 12.5. The summed E-state index contributed by atoms with van der Waals surface area (Å²) in [6.07, 6.45) is 0. The highest BCUT2D eigenvalue weighted by Crippen LogP contribution is 2.27. The third-order valence-corrected chi connectivity index (χ3v) is 4.51. The lowest BCUT2D eigenvalue weighted by molar-refractivity contribution is 0.102. The molecule has 0 aliphatic rings. The van der Waals surface area contributed by atoms with Crippen LogP contribution in [0.5, 0.6) is 5.75 Å².